The first kappa shape index (κ1) is 12.5. The molecular formula is C16H13BrO2. The Morgan fingerprint density at radius 2 is 1.89 bits per heavy atom. The first-order chi connectivity index (χ1) is 9.16. The lowest BCUT2D eigenvalue weighted by Crippen LogP contribution is -1.98. The van der Waals surface area contributed by atoms with Gasteiger partial charge in [-0.25, -0.2) is 0 Å². The number of halogens is 1. The summed E-state index contributed by atoms with van der Waals surface area (Å²) in [5.74, 6) is 0.566. The largest absolute Gasteiger partial charge is 0.458 e. The lowest BCUT2D eigenvalue weighted by Gasteiger charge is -2.09. The molecule has 1 N–H and O–H groups in total. The maximum absolute atomic E-state index is 10.4. The van der Waals surface area contributed by atoms with Crippen LogP contribution in [0, 0.1) is 6.92 Å². The molecule has 3 aromatic rings. The highest BCUT2D eigenvalue weighted by molar-refractivity contribution is 9.10. The maximum atomic E-state index is 10.4. The van der Waals surface area contributed by atoms with Crippen molar-refractivity contribution in [2.24, 2.45) is 0 Å². The van der Waals surface area contributed by atoms with Gasteiger partial charge in [0, 0.05) is 15.4 Å². The highest BCUT2D eigenvalue weighted by Gasteiger charge is 2.18. The Balaban J connectivity index is 2.10. The Bertz CT molecular complexity index is 730. The van der Waals surface area contributed by atoms with Crippen LogP contribution in [-0.4, -0.2) is 5.11 Å². The summed E-state index contributed by atoms with van der Waals surface area (Å²) < 4.78 is 6.67. The lowest BCUT2D eigenvalue weighted by atomic mass is 10.1. The monoisotopic (exact) mass is 316 g/mol. The van der Waals surface area contributed by atoms with Crippen molar-refractivity contribution in [1.29, 1.82) is 0 Å². The predicted molar refractivity (Wildman–Crippen MR) is 79.2 cm³/mol. The van der Waals surface area contributed by atoms with Gasteiger partial charge in [0.1, 0.15) is 17.4 Å². The van der Waals surface area contributed by atoms with Crippen LogP contribution in [0.1, 0.15) is 23.0 Å². The topological polar surface area (TPSA) is 33.4 Å². The van der Waals surface area contributed by atoms with E-state index in [1.807, 2.05) is 55.5 Å². The van der Waals surface area contributed by atoms with E-state index >= 15 is 0 Å². The van der Waals surface area contributed by atoms with Crippen LogP contribution >= 0.6 is 15.9 Å². The van der Waals surface area contributed by atoms with Gasteiger partial charge in [-0.05, 0) is 24.6 Å². The van der Waals surface area contributed by atoms with E-state index in [2.05, 4.69) is 15.9 Å². The third-order valence-electron chi connectivity index (χ3n) is 3.23. The highest BCUT2D eigenvalue weighted by atomic mass is 79.9. The number of hydrogen-bond acceptors (Lipinski definition) is 2. The minimum atomic E-state index is -0.762. The summed E-state index contributed by atoms with van der Waals surface area (Å²) in [7, 11) is 0. The fourth-order valence-corrected chi connectivity index (χ4v) is 2.72. The van der Waals surface area contributed by atoms with Crippen LogP contribution in [0.3, 0.4) is 0 Å². The fraction of sp³-hybridized carbons (Fsp3) is 0.125. The Morgan fingerprint density at radius 1 is 1.11 bits per heavy atom. The maximum Gasteiger partial charge on any atom is 0.138 e. The van der Waals surface area contributed by atoms with Gasteiger partial charge in [-0.3, -0.25) is 0 Å². The zero-order valence-corrected chi connectivity index (χ0v) is 12.0. The number of fused-ring (bicyclic) bond motifs is 1. The molecule has 19 heavy (non-hydrogen) atoms. The second-order valence-electron chi connectivity index (χ2n) is 4.57. The first-order valence-corrected chi connectivity index (χ1v) is 6.87. The molecule has 0 fully saturated rings. The molecule has 0 spiro atoms. The van der Waals surface area contributed by atoms with Crippen molar-refractivity contribution >= 4 is 26.9 Å². The van der Waals surface area contributed by atoms with Crippen molar-refractivity contribution in [2.45, 2.75) is 13.0 Å². The molecule has 1 heterocycles. The number of aryl methyl sites for hydroxylation is 1. The van der Waals surface area contributed by atoms with Gasteiger partial charge in [0.05, 0.1) is 0 Å². The Morgan fingerprint density at radius 3 is 2.63 bits per heavy atom. The van der Waals surface area contributed by atoms with Crippen molar-refractivity contribution < 1.29 is 9.52 Å². The van der Waals surface area contributed by atoms with E-state index < -0.39 is 6.10 Å². The summed E-state index contributed by atoms with van der Waals surface area (Å²) in [6.07, 6.45) is -0.762. The van der Waals surface area contributed by atoms with E-state index in [1.54, 1.807) is 0 Å². The van der Waals surface area contributed by atoms with Crippen LogP contribution in [0.25, 0.3) is 11.0 Å². The van der Waals surface area contributed by atoms with Gasteiger partial charge in [0.2, 0.25) is 0 Å². The SMILES string of the molecule is Cc1cccc2cc(C(O)c3ccccc3Br)oc12. The summed E-state index contributed by atoms with van der Waals surface area (Å²) in [5.41, 5.74) is 2.71. The number of furan rings is 1. The van der Waals surface area contributed by atoms with Gasteiger partial charge in [-0.1, -0.05) is 52.3 Å². The van der Waals surface area contributed by atoms with Gasteiger partial charge in [0.15, 0.2) is 0 Å². The van der Waals surface area contributed by atoms with Crippen molar-refractivity contribution in [3.63, 3.8) is 0 Å². The molecule has 1 aromatic heterocycles. The summed E-state index contributed by atoms with van der Waals surface area (Å²) in [4.78, 5) is 0. The van der Waals surface area contributed by atoms with E-state index in [0.717, 1.165) is 26.6 Å². The number of benzene rings is 2. The summed E-state index contributed by atoms with van der Waals surface area (Å²) in [6.45, 7) is 2.00. The van der Waals surface area contributed by atoms with Gasteiger partial charge in [0.25, 0.3) is 0 Å². The van der Waals surface area contributed by atoms with E-state index in [9.17, 15) is 5.11 Å². The molecule has 3 heteroatoms. The normalized spacial score (nSPS) is 12.8. The van der Waals surface area contributed by atoms with Crippen LogP contribution < -0.4 is 0 Å². The van der Waals surface area contributed by atoms with Crippen molar-refractivity contribution in [1.82, 2.24) is 0 Å². The number of hydrogen-bond donors (Lipinski definition) is 1. The van der Waals surface area contributed by atoms with Crippen LogP contribution in [0.4, 0.5) is 0 Å². The van der Waals surface area contributed by atoms with Gasteiger partial charge in [-0.2, -0.15) is 0 Å². The van der Waals surface area contributed by atoms with Gasteiger partial charge in [-0.15, -0.1) is 0 Å². The fourth-order valence-electron chi connectivity index (χ4n) is 2.21. The summed E-state index contributed by atoms with van der Waals surface area (Å²) >= 11 is 3.45. The molecule has 0 bridgehead atoms. The van der Waals surface area contributed by atoms with Crippen molar-refractivity contribution in [3.8, 4) is 0 Å². The lowest BCUT2D eigenvalue weighted by molar-refractivity contribution is 0.191. The summed E-state index contributed by atoms with van der Waals surface area (Å²) in [5, 5.41) is 11.5. The zero-order chi connectivity index (χ0) is 13.4. The van der Waals surface area contributed by atoms with E-state index in [0.29, 0.717) is 5.76 Å². The summed E-state index contributed by atoms with van der Waals surface area (Å²) in [6, 6.07) is 15.5. The van der Waals surface area contributed by atoms with E-state index in [-0.39, 0.29) is 0 Å². The van der Waals surface area contributed by atoms with Gasteiger partial charge < -0.3 is 9.52 Å². The minimum Gasteiger partial charge on any atom is -0.458 e. The van der Waals surface area contributed by atoms with Crippen LogP contribution in [0.2, 0.25) is 0 Å². The van der Waals surface area contributed by atoms with Crippen LogP contribution in [0.15, 0.2) is 57.4 Å². The molecule has 1 atom stereocenters. The molecule has 0 saturated carbocycles. The Labute approximate surface area is 119 Å². The number of aliphatic hydroxyl groups excluding tert-OH is 1. The van der Waals surface area contributed by atoms with E-state index in [1.165, 1.54) is 0 Å². The molecular weight excluding hydrogens is 304 g/mol. The molecule has 0 aliphatic rings. The zero-order valence-electron chi connectivity index (χ0n) is 10.4. The molecule has 0 radical (unpaired) electrons. The molecule has 0 aliphatic heterocycles. The second-order valence-corrected chi connectivity index (χ2v) is 5.42. The second kappa shape index (κ2) is 4.83. The van der Waals surface area contributed by atoms with Crippen LogP contribution in [0.5, 0.6) is 0 Å². The Kier molecular flexibility index (Phi) is 3.17. The molecule has 0 aliphatic carbocycles. The highest BCUT2D eigenvalue weighted by Crippen LogP contribution is 2.32. The molecule has 2 nitrogen and oxygen atoms in total. The van der Waals surface area contributed by atoms with Gasteiger partial charge >= 0.3 is 0 Å². The Hall–Kier alpha value is -1.58. The molecule has 0 amide bonds. The number of para-hydroxylation sites is 1. The third kappa shape index (κ3) is 2.20. The average molecular weight is 317 g/mol. The standard InChI is InChI=1S/C16H13BrO2/c1-10-5-4-6-11-9-14(19-16(10)11)15(18)12-7-2-3-8-13(12)17/h2-9,15,18H,1H3. The average Bonchev–Trinajstić information content (AvgIpc) is 2.84. The number of aliphatic hydroxyl groups is 1. The minimum absolute atomic E-state index is 0.566. The third-order valence-corrected chi connectivity index (χ3v) is 3.95. The quantitative estimate of drug-likeness (QED) is 0.750. The van der Waals surface area contributed by atoms with Crippen molar-refractivity contribution in [3.05, 3.63) is 69.9 Å². The first-order valence-electron chi connectivity index (χ1n) is 6.08. The van der Waals surface area contributed by atoms with Crippen molar-refractivity contribution in [2.75, 3.05) is 0 Å². The molecule has 2 aromatic carbocycles. The molecule has 96 valence electrons. The smallest absolute Gasteiger partial charge is 0.138 e. The predicted octanol–water partition coefficient (Wildman–Crippen LogP) is 4.59. The molecule has 3 rings (SSSR count). The van der Waals surface area contributed by atoms with E-state index in [4.69, 9.17) is 4.42 Å². The number of rotatable bonds is 2. The molecule has 1 unspecified atom stereocenters. The molecule has 0 saturated heterocycles. The van der Waals surface area contributed by atoms with Crippen LogP contribution in [-0.2, 0) is 0 Å².